The normalized spacial score (nSPS) is 23.4. The molecule has 30 heavy (non-hydrogen) atoms. The molecule has 0 radical (unpaired) electrons. The van der Waals surface area contributed by atoms with Gasteiger partial charge in [-0.25, -0.2) is 14.5 Å². The van der Waals surface area contributed by atoms with Crippen molar-refractivity contribution in [2.24, 2.45) is 0 Å². The molecule has 0 aromatic heterocycles. The highest BCUT2D eigenvalue weighted by atomic mass is 16.6. The third-order valence-corrected chi connectivity index (χ3v) is 5.73. The summed E-state index contributed by atoms with van der Waals surface area (Å²) < 4.78 is 10.9. The third kappa shape index (κ3) is 3.18. The summed E-state index contributed by atoms with van der Waals surface area (Å²) in [6.45, 7) is 4.65. The fraction of sp³-hybridized carbons (Fsp3) is 0.524. The van der Waals surface area contributed by atoms with Crippen molar-refractivity contribution in [3.8, 4) is 0 Å². The van der Waals surface area contributed by atoms with Gasteiger partial charge in [-0.05, 0) is 51.3 Å². The number of hydrogen-bond acceptors (Lipinski definition) is 6. The molecule has 1 unspecified atom stereocenters. The number of nitrogens with one attached hydrogen (secondary N) is 2. The van der Waals surface area contributed by atoms with E-state index in [9.17, 15) is 19.2 Å². The highest BCUT2D eigenvalue weighted by Crippen LogP contribution is 2.64. The Morgan fingerprint density at radius 1 is 1.20 bits per heavy atom. The summed E-state index contributed by atoms with van der Waals surface area (Å²) in [5, 5.41) is 5.22. The lowest BCUT2D eigenvalue weighted by Crippen LogP contribution is -2.41. The Morgan fingerprint density at radius 3 is 2.50 bits per heavy atom. The number of ether oxygens (including phenoxy) is 2. The number of carbonyl (C=O) groups is 4. The summed E-state index contributed by atoms with van der Waals surface area (Å²) in [5.41, 5.74) is -0.305. The topological polar surface area (TPSA) is 114 Å². The minimum Gasteiger partial charge on any atom is -0.459 e. The minimum absolute atomic E-state index is 0.256. The summed E-state index contributed by atoms with van der Waals surface area (Å²) in [4.78, 5) is 50.6. The smallest absolute Gasteiger partial charge is 0.418 e. The summed E-state index contributed by atoms with van der Waals surface area (Å²) in [6, 6.07) is 4.88. The van der Waals surface area contributed by atoms with E-state index in [1.165, 1.54) is 7.05 Å². The first-order chi connectivity index (χ1) is 14.0. The molecule has 2 spiro atoms. The Balaban J connectivity index is 1.63. The van der Waals surface area contributed by atoms with Crippen LogP contribution in [0, 0.1) is 0 Å². The molecule has 2 aliphatic carbocycles. The molecule has 3 aliphatic rings. The number of amides is 4. The molecule has 9 nitrogen and oxygen atoms in total. The van der Waals surface area contributed by atoms with Gasteiger partial charge in [-0.2, -0.15) is 0 Å². The summed E-state index contributed by atoms with van der Waals surface area (Å²) >= 11 is 0. The number of esters is 1. The molecule has 2 fully saturated rings. The molecule has 0 bridgehead atoms. The molecule has 4 rings (SSSR count). The molecule has 2 N–H and O–H groups in total. The Labute approximate surface area is 174 Å². The van der Waals surface area contributed by atoms with Gasteiger partial charge in [0.25, 0.3) is 5.91 Å². The van der Waals surface area contributed by atoms with E-state index < -0.39 is 35.7 Å². The largest absolute Gasteiger partial charge is 0.459 e. The minimum atomic E-state index is -1.43. The van der Waals surface area contributed by atoms with E-state index in [1.54, 1.807) is 32.9 Å². The van der Waals surface area contributed by atoms with Gasteiger partial charge in [0.05, 0.1) is 0 Å². The zero-order valence-electron chi connectivity index (χ0n) is 17.5. The number of fused-ring (bicyclic) bond motifs is 3. The van der Waals surface area contributed by atoms with Crippen molar-refractivity contribution >= 4 is 29.7 Å². The molecule has 4 amide bonds. The first-order valence-electron chi connectivity index (χ1n) is 9.90. The Hall–Kier alpha value is -3.10. The highest BCUT2D eigenvalue weighted by Gasteiger charge is 2.67. The van der Waals surface area contributed by atoms with Crippen LogP contribution in [0.4, 0.5) is 15.3 Å². The molecule has 1 heterocycles. The summed E-state index contributed by atoms with van der Waals surface area (Å²) in [5.74, 6) is -1.22. The number of hydrogen-bond donors (Lipinski definition) is 2. The van der Waals surface area contributed by atoms with Crippen LogP contribution in [0.2, 0.25) is 0 Å². The van der Waals surface area contributed by atoms with Gasteiger partial charge in [0.2, 0.25) is 5.60 Å². The van der Waals surface area contributed by atoms with Gasteiger partial charge < -0.3 is 20.1 Å². The first-order valence-corrected chi connectivity index (χ1v) is 9.90. The van der Waals surface area contributed by atoms with Crippen LogP contribution in [0.25, 0.3) is 0 Å². The molecule has 1 aliphatic heterocycles. The molecule has 1 aromatic carbocycles. The van der Waals surface area contributed by atoms with Gasteiger partial charge in [0, 0.05) is 30.1 Å². The fourth-order valence-electron chi connectivity index (χ4n) is 4.34. The van der Waals surface area contributed by atoms with Crippen LogP contribution in [0.1, 0.15) is 51.2 Å². The van der Waals surface area contributed by atoms with Gasteiger partial charge >= 0.3 is 18.1 Å². The molecule has 1 saturated heterocycles. The summed E-state index contributed by atoms with van der Waals surface area (Å²) in [7, 11) is 1.52. The Kier molecular flexibility index (Phi) is 4.34. The number of imide groups is 1. The molecule has 1 saturated carbocycles. The molecule has 1 atom stereocenters. The van der Waals surface area contributed by atoms with Crippen LogP contribution in [0.15, 0.2) is 18.2 Å². The van der Waals surface area contributed by atoms with E-state index in [2.05, 4.69) is 10.6 Å². The van der Waals surface area contributed by atoms with E-state index in [4.69, 9.17) is 9.47 Å². The third-order valence-electron chi connectivity index (χ3n) is 5.73. The van der Waals surface area contributed by atoms with Crippen molar-refractivity contribution in [1.29, 1.82) is 0 Å². The number of nitrogens with zero attached hydrogens (tertiary/aromatic N) is 1. The van der Waals surface area contributed by atoms with Gasteiger partial charge in [-0.1, -0.05) is 6.07 Å². The zero-order valence-corrected chi connectivity index (χ0v) is 17.5. The van der Waals surface area contributed by atoms with E-state index in [0.29, 0.717) is 17.7 Å². The maximum Gasteiger partial charge on any atom is 0.418 e. The number of carbonyl (C=O) groups excluding carboxylic acids is 4. The molecule has 9 heteroatoms. The number of benzene rings is 1. The maximum atomic E-state index is 13.3. The quantitative estimate of drug-likeness (QED) is 0.733. The second kappa shape index (κ2) is 6.45. The standard InChI is InChI=1S/C21H25N3O6/c1-19(2,3)29-15(25)10-24-16(26)21(30-18(24)28)11-20(7-8-20)14-9-12(5-6-13(14)21)23-17(27)22-4/h5-6,9H,7-8,10-11H2,1-4H3,(H2,22,23,27). The van der Waals surface area contributed by atoms with Crippen molar-refractivity contribution in [1.82, 2.24) is 10.2 Å². The van der Waals surface area contributed by atoms with E-state index in [1.807, 2.05) is 6.07 Å². The zero-order chi connectivity index (χ0) is 21.9. The maximum absolute atomic E-state index is 13.3. The Morgan fingerprint density at radius 2 is 1.90 bits per heavy atom. The number of rotatable bonds is 3. The monoisotopic (exact) mass is 415 g/mol. The van der Waals surface area contributed by atoms with Crippen molar-refractivity contribution in [2.75, 3.05) is 18.9 Å². The van der Waals surface area contributed by atoms with Crippen molar-refractivity contribution in [3.63, 3.8) is 0 Å². The summed E-state index contributed by atoms with van der Waals surface area (Å²) in [6.07, 6.45) is 1.22. The lowest BCUT2D eigenvalue weighted by Gasteiger charge is -2.22. The van der Waals surface area contributed by atoms with E-state index in [-0.39, 0.29) is 11.4 Å². The second-order valence-corrected chi connectivity index (χ2v) is 9.09. The van der Waals surface area contributed by atoms with Crippen LogP contribution in [-0.4, -0.2) is 48.1 Å². The average molecular weight is 415 g/mol. The molecular formula is C21H25N3O6. The SMILES string of the molecule is CNC(=O)Nc1ccc2c(c1)C1(CC1)CC21OC(=O)N(CC(=O)OC(C)(C)C)C1=O. The van der Waals surface area contributed by atoms with E-state index >= 15 is 0 Å². The van der Waals surface area contributed by atoms with Gasteiger partial charge in [-0.15, -0.1) is 0 Å². The fourth-order valence-corrected chi connectivity index (χ4v) is 4.34. The van der Waals surface area contributed by atoms with E-state index in [0.717, 1.165) is 23.3 Å². The second-order valence-electron chi connectivity index (χ2n) is 9.09. The number of anilines is 1. The van der Waals surface area contributed by atoms with Crippen molar-refractivity contribution in [2.45, 2.75) is 56.7 Å². The average Bonchev–Trinajstić information content (AvgIpc) is 3.32. The van der Waals surface area contributed by atoms with Crippen LogP contribution in [0.3, 0.4) is 0 Å². The van der Waals surface area contributed by atoms with Crippen LogP contribution in [-0.2, 0) is 30.1 Å². The van der Waals surface area contributed by atoms with Gasteiger partial charge in [0.15, 0.2) is 0 Å². The van der Waals surface area contributed by atoms with Gasteiger partial charge in [-0.3, -0.25) is 9.59 Å². The lowest BCUT2D eigenvalue weighted by molar-refractivity contribution is -0.157. The number of urea groups is 1. The van der Waals surface area contributed by atoms with Crippen molar-refractivity contribution < 1.29 is 28.7 Å². The Bertz CT molecular complexity index is 962. The van der Waals surface area contributed by atoms with Crippen LogP contribution < -0.4 is 10.6 Å². The highest BCUT2D eigenvalue weighted by molar-refractivity contribution is 6.06. The van der Waals surface area contributed by atoms with Crippen LogP contribution in [0.5, 0.6) is 0 Å². The molecule has 1 aromatic rings. The molecule has 160 valence electrons. The lowest BCUT2D eigenvalue weighted by atomic mass is 9.94. The van der Waals surface area contributed by atoms with Crippen molar-refractivity contribution in [3.05, 3.63) is 29.3 Å². The molecular weight excluding hydrogens is 390 g/mol. The predicted molar refractivity (Wildman–Crippen MR) is 106 cm³/mol. The van der Waals surface area contributed by atoms with Gasteiger partial charge in [0.1, 0.15) is 12.1 Å². The predicted octanol–water partition coefficient (Wildman–Crippen LogP) is 2.39. The first kappa shape index (κ1) is 20.2. The van der Waals surface area contributed by atoms with Crippen LogP contribution >= 0.6 is 0 Å².